The molecule has 1 unspecified atom stereocenters. The standard InChI is InChI=1S/C28H21BrClF6N3O4/c1-2-42-25(41)26(17-4-10-20(11-5-17)43-28(34,35)36)15-39(14-23(40)37-19-8-6-18(29)7-9-19)38-24(26)16-3-12-21(22(30)13-16)27(31,32)33/h3-13H,2,14-15H2,1H3,(H,37,40). The smallest absolute Gasteiger partial charge is 0.465 e. The Morgan fingerprint density at radius 3 is 2.23 bits per heavy atom. The van der Waals surface area contributed by atoms with Crippen LogP contribution >= 0.6 is 27.5 Å². The van der Waals surface area contributed by atoms with Gasteiger partial charge >= 0.3 is 18.5 Å². The summed E-state index contributed by atoms with van der Waals surface area (Å²) in [7, 11) is 0. The molecule has 3 aromatic carbocycles. The number of carbonyl (C=O) groups excluding carboxylic acids is 2. The third-order valence-electron chi connectivity index (χ3n) is 6.27. The Kier molecular flexibility index (Phi) is 9.30. The van der Waals surface area contributed by atoms with Crippen molar-refractivity contribution in [3.63, 3.8) is 0 Å². The number of benzene rings is 3. The number of ether oxygens (including phenoxy) is 2. The lowest BCUT2D eigenvalue weighted by atomic mass is 9.74. The molecule has 0 saturated carbocycles. The molecule has 7 nitrogen and oxygen atoms in total. The Hall–Kier alpha value is -3.78. The molecule has 1 amide bonds. The van der Waals surface area contributed by atoms with Gasteiger partial charge in [0.2, 0.25) is 5.91 Å². The molecule has 0 aromatic heterocycles. The highest BCUT2D eigenvalue weighted by Gasteiger charge is 2.53. The summed E-state index contributed by atoms with van der Waals surface area (Å²) in [4.78, 5) is 26.6. The maximum atomic E-state index is 13.7. The van der Waals surface area contributed by atoms with Crippen LogP contribution in [0.2, 0.25) is 5.02 Å². The number of carbonyl (C=O) groups is 2. The van der Waals surface area contributed by atoms with Crippen LogP contribution in [0.25, 0.3) is 0 Å². The number of hydrogen-bond donors (Lipinski definition) is 1. The average Bonchev–Trinajstić information content (AvgIpc) is 3.29. The molecule has 1 aliphatic rings. The highest BCUT2D eigenvalue weighted by atomic mass is 79.9. The second-order valence-electron chi connectivity index (χ2n) is 9.22. The Balaban J connectivity index is 1.79. The van der Waals surface area contributed by atoms with Crippen molar-refractivity contribution in [1.29, 1.82) is 0 Å². The van der Waals surface area contributed by atoms with E-state index < -0.39 is 52.7 Å². The molecule has 0 fully saturated rings. The predicted molar refractivity (Wildman–Crippen MR) is 149 cm³/mol. The average molecular weight is 693 g/mol. The van der Waals surface area contributed by atoms with Gasteiger partial charge in [0.1, 0.15) is 12.3 Å². The second kappa shape index (κ2) is 12.4. The first-order valence-electron chi connectivity index (χ1n) is 12.4. The van der Waals surface area contributed by atoms with Crippen molar-refractivity contribution in [2.45, 2.75) is 24.9 Å². The summed E-state index contributed by atoms with van der Waals surface area (Å²) in [5.74, 6) is -2.01. The number of nitrogens with zero attached hydrogens (tertiary/aromatic N) is 2. The number of amides is 1. The van der Waals surface area contributed by atoms with Crippen LogP contribution in [0, 0.1) is 0 Å². The summed E-state index contributed by atoms with van der Waals surface area (Å²) in [5, 5.41) is 7.65. The first-order valence-corrected chi connectivity index (χ1v) is 13.6. The number of hydrazone groups is 1. The highest BCUT2D eigenvalue weighted by Crippen LogP contribution is 2.41. The summed E-state index contributed by atoms with van der Waals surface area (Å²) in [6.07, 6.45) is -9.74. The molecule has 0 saturated heterocycles. The molecule has 15 heteroatoms. The fourth-order valence-electron chi connectivity index (χ4n) is 4.50. The first-order chi connectivity index (χ1) is 20.1. The van der Waals surface area contributed by atoms with Crippen LogP contribution in [0.3, 0.4) is 0 Å². The molecular weight excluding hydrogens is 672 g/mol. The molecule has 1 N–H and O–H groups in total. The van der Waals surface area contributed by atoms with Gasteiger partial charge in [-0.1, -0.05) is 45.7 Å². The number of nitrogens with one attached hydrogen (secondary N) is 1. The maximum absolute atomic E-state index is 13.7. The van der Waals surface area contributed by atoms with E-state index in [9.17, 15) is 35.9 Å². The van der Waals surface area contributed by atoms with E-state index in [0.29, 0.717) is 5.69 Å². The lowest BCUT2D eigenvalue weighted by Crippen LogP contribution is -2.48. The van der Waals surface area contributed by atoms with Gasteiger partial charge in [0.05, 0.1) is 29.4 Å². The third-order valence-corrected chi connectivity index (χ3v) is 7.11. The Morgan fingerprint density at radius 1 is 1.02 bits per heavy atom. The summed E-state index contributed by atoms with van der Waals surface area (Å²) < 4.78 is 88.7. The van der Waals surface area contributed by atoms with Crippen molar-refractivity contribution in [3.8, 4) is 5.75 Å². The van der Waals surface area contributed by atoms with Crippen LogP contribution in [0.5, 0.6) is 5.75 Å². The summed E-state index contributed by atoms with van der Waals surface area (Å²) in [6.45, 7) is 0.675. The van der Waals surface area contributed by atoms with Crippen molar-refractivity contribution in [2.24, 2.45) is 5.10 Å². The number of hydrogen-bond acceptors (Lipinski definition) is 6. The number of esters is 1. The number of halogens is 8. The molecule has 0 bridgehead atoms. The molecule has 0 radical (unpaired) electrons. The zero-order valence-corrected chi connectivity index (χ0v) is 24.4. The normalized spacial score (nSPS) is 17.0. The van der Waals surface area contributed by atoms with Crippen molar-refractivity contribution >= 4 is 50.8 Å². The van der Waals surface area contributed by atoms with E-state index in [2.05, 4.69) is 31.1 Å². The fourth-order valence-corrected chi connectivity index (χ4v) is 5.05. The number of rotatable bonds is 8. The third kappa shape index (κ3) is 7.42. The predicted octanol–water partition coefficient (Wildman–Crippen LogP) is 7.18. The Labute approximate surface area is 254 Å². The van der Waals surface area contributed by atoms with E-state index in [1.807, 2.05) is 0 Å². The molecule has 43 heavy (non-hydrogen) atoms. The number of alkyl halides is 6. The van der Waals surface area contributed by atoms with Crippen molar-refractivity contribution in [3.05, 3.63) is 92.9 Å². The molecule has 1 atom stereocenters. The van der Waals surface area contributed by atoms with Gasteiger partial charge < -0.3 is 14.8 Å². The zero-order valence-electron chi connectivity index (χ0n) is 22.0. The van der Waals surface area contributed by atoms with Gasteiger partial charge in [-0.05, 0) is 61.0 Å². The molecule has 1 aliphatic heterocycles. The minimum atomic E-state index is -4.98. The van der Waals surface area contributed by atoms with Crippen molar-refractivity contribution in [2.75, 3.05) is 25.0 Å². The minimum absolute atomic E-state index is 0.00233. The van der Waals surface area contributed by atoms with E-state index in [0.717, 1.165) is 34.8 Å². The molecule has 228 valence electrons. The highest BCUT2D eigenvalue weighted by molar-refractivity contribution is 9.10. The fraction of sp³-hybridized carbons (Fsp3) is 0.250. The van der Waals surface area contributed by atoms with Crippen LogP contribution in [-0.2, 0) is 25.9 Å². The minimum Gasteiger partial charge on any atom is -0.465 e. The lowest BCUT2D eigenvalue weighted by Gasteiger charge is -2.29. The zero-order chi connectivity index (χ0) is 31.6. The van der Waals surface area contributed by atoms with Gasteiger partial charge in [-0.3, -0.25) is 14.6 Å². The molecule has 0 spiro atoms. The summed E-state index contributed by atoms with van der Waals surface area (Å²) in [5.41, 5.74) is -2.58. The number of anilines is 1. The monoisotopic (exact) mass is 691 g/mol. The summed E-state index contributed by atoms with van der Waals surface area (Å²) >= 11 is 9.27. The van der Waals surface area contributed by atoms with Gasteiger partial charge in [0.15, 0.2) is 5.41 Å². The van der Waals surface area contributed by atoms with Crippen LogP contribution in [0.1, 0.15) is 23.6 Å². The topological polar surface area (TPSA) is 80.2 Å². The molecule has 3 aromatic rings. The molecule has 0 aliphatic carbocycles. The quantitative estimate of drug-likeness (QED) is 0.200. The van der Waals surface area contributed by atoms with E-state index in [1.165, 1.54) is 24.1 Å². The lowest BCUT2D eigenvalue weighted by molar-refractivity contribution is -0.274. The van der Waals surface area contributed by atoms with Gasteiger partial charge in [0.25, 0.3) is 0 Å². The first kappa shape index (κ1) is 32.1. The largest absolute Gasteiger partial charge is 0.573 e. The van der Waals surface area contributed by atoms with Crippen LogP contribution in [0.4, 0.5) is 32.0 Å². The molecule has 1 heterocycles. The van der Waals surface area contributed by atoms with E-state index in [-0.39, 0.29) is 30.0 Å². The Morgan fingerprint density at radius 2 is 1.67 bits per heavy atom. The van der Waals surface area contributed by atoms with Gasteiger partial charge in [0, 0.05) is 15.7 Å². The second-order valence-corrected chi connectivity index (χ2v) is 10.5. The maximum Gasteiger partial charge on any atom is 0.573 e. The van der Waals surface area contributed by atoms with Gasteiger partial charge in [-0.25, -0.2) is 0 Å². The van der Waals surface area contributed by atoms with Gasteiger partial charge in [-0.2, -0.15) is 18.3 Å². The molecule has 4 rings (SSSR count). The van der Waals surface area contributed by atoms with Crippen molar-refractivity contribution < 1.29 is 45.4 Å². The van der Waals surface area contributed by atoms with E-state index >= 15 is 0 Å². The van der Waals surface area contributed by atoms with Crippen molar-refractivity contribution in [1.82, 2.24) is 5.01 Å². The van der Waals surface area contributed by atoms with Crippen LogP contribution in [0.15, 0.2) is 76.3 Å². The Bertz CT molecular complexity index is 1530. The van der Waals surface area contributed by atoms with Gasteiger partial charge in [-0.15, -0.1) is 13.2 Å². The SMILES string of the molecule is CCOC(=O)C1(c2ccc(OC(F)(F)F)cc2)CN(CC(=O)Nc2ccc(Br)cc2)N=C1c1ccc(C(F)(F)F)c(Cl)c1. The van der Waals surface area contributed by atoms with Crippen LogP contribution < -0.4 is 10.1 Å². The molecular formula is C28H21BrClF6N3O4. The van der Waals surface area contributed by atoms with Crippen LogP contribution in [-0.4, -0.2) is 48.7 Å². The van der Waals surface area contributed by atoms with E-state index in [4.69, 9.17) is 16.3 Å². The van der Waals surface area contributed by atoms with E-state index in [1.54, 1.807) is 24.3 Å². The summed E-state index contributed by atoms with van der Waals surface area (Å²) in [6, 6.07) is 13.8.